The summed E-state index contributed by atoms with van der Waals surface area (Å²) in [5.41, 5.74) is 3.74. The van der Waals surface area contributed by atoms with Gasteiger partial charge in [-0.05, 0) is 44.4 Å². The molecule has 1 aromatic heterocycles. The number of nitrogens with zero attached hydrogens (tertiary/aromatic N) is 2. The Kier molecular flexibility index (Phi) is 5.09. The van der Waals surface area contributed by atoms with E-state index in [4.69, 9.17) is 0 Å². The molecule has 116 valence electrons. The standard InChI is InChI=1S/C17H22N4O/c1-5-9-18-17(22)15-10-16(20-13(4)19-15)21-14-8-6-7-11(2)12(14)3/h6-8,10H,5,9H2,1-4H3,(H,18,22)(H,19,20,21). The maximum Gasteiger partial charge on any atom is 0.270 e. The monoisotopic (exact) mass is 298 g/mol. The van der Waals surface area contributed by atoms with Crippen molar-refractivity contribution in [2.75, 3.05) is 11.9 Å². The third kappa shape index (κ3) is 3.81. The van der Waals surface area contributed by atoms with Crippen LogP contribution in [0, 0.1) is 20.8 Å². The number of anilines is 2. The van der Waals surface area contributed by atoms with Gasteiger partial charge in [0.25, 0.3) is 5.91 Å². The van der Waals surface area contributed by atoms with Gasteiger partial charge in [-0.25, -0.2) is 9.97 Å². The van der Waals surface area contributed by atoms with Gasteiger partial charge in [0.15, 0.2) is 0 Å². The number of amides is 1. The molecule has 2 N–H and O–H groups in total. The molecule has 1 amide bonds. The van der Waals surface area contributed by atoms with Gasteiger partial charge in [-0.15, -0.1) is 0 Å². The molecular formula is C17H22N4O. The van der Waals surface area contributed by atoms with E-state index < -0.39 is 0 Å². The quantitative estimate of drug-likeness (QED) is 0.889. The molecule has 0 atom stereocenters. The Balaban J connectivity index is 2.26. The van der Waals surface area contributed by atoms with Gasteiger partial charge >= 0.3 is 0 Å². The van der Waals surface area contributed by atoms with Crippen molar-refractivity contribution in [3.8, 4) is 0 Å². The Morgan fingerprint density at radius 1 is 1.18 bits per heavy atom. The van der Waals surface area contributed by atoms with Crippen molar-refractivity contribution >= 4 is 17.4 Å². The molecule has 0 aliphatic carbocycles. The second kappa shape index (κ2) is 7.02. The average Bonchev–Trinajstić information content (AvgIpc) is 2.49. The van der Waals surface area contributed by atoms with Crippen LogP contribution in [0.25, 0.3) is 0 Å². The highest BCUT2D eigenvalue weighted by Gasteiger charge is 2.10. The van der Waals surface area contributed by atoms with Crippen LogP contribution >= 0.6 is 0 Å². The van der Waals surface area contributed by atoms with Gasteiger partial charge in [0.2, 0.25) is 0 Å². The van der Waals surface area contributed by atoms with E-state index in [0.29, 0.717) is 23.9 Å². The second-order valence-electron chi connectivity index (χ2n) is 5.31. The summed E-state index contributed by atoms with van der Waals surface area (Å²) >= 11 is 0. The van der Waals surface area contributed by atoms with Crippen LogP contribution in [0.4, 0.5) is 11.5 Å². The van der Waals surface area contributed by atoms with E-state index in [1.165, 1.54) is 5.56 Å². The van der Waals surface area contributed by atoms with Gasteiger partial charge in [-0.2, -0.15) is 0 Å². The van der Waals surface area contributed by atoms with Crippen LogP contribution in [0.3, 0.4) is 0 Å². The van der Waals surface area contributed by atoms with Gasteiger partial charge in [-0.3, -0.25) is 4.79 Å². The molecule has 0 saturated carbocycles. The number of benzene rings is 1. The Labute approximate surface area is 131 Å². The van der Waals surface area contributed by atoms with Gasteiger partial charge in [0.05, 0.1) is 0 Å². The van der Waals surface area contributed by atoms with Crippen molar-refractivity contribution in [2.45, 2.75) is 34.1 Å². The van der Waals surface area contributed by atoms with E-state index in [1.807, 2.05) is 19.1 Å². The van der Waals surface area contributed by atoms with E-state index >= 15 is 0 Å². The zero-order valence-corrected chi connectivity index (χ0v) is 13.5. The highest BCUT2D eigenvalue weighted by molar-refractivity contribution is 5.93. The Morgan fingerprint density at radius 3 is 2.68 bits per heavy atom. The predicted molar refractivity (Wildman–Crippen MR) is 88.6 cm³/mol. The fraction of sp³-hybridized carbons (Fsp3) is 0.353. The minimum atomic E-state index is -0.170. The molecule has 0 spiro atoms. The molecule has 0 bridgehead atoms. The average molecular weight is 298 g/mol. The third-order valence-corrected chi connectivity index (χ3v) is 3.47. The maximum absolute atomic E-state index is 12.1. The molecule has 0 unspecified atom stereocenters. The lowest BCUT2D eigenvalue weighted by molar-refractivity contribution is 0.0948. The number of hydrogen-bond donors (Lipinski definition) is 2. The minimum absolute atomic E-state index is 0.170. The van der Waals surface area contributed by atoms with E-state index in [2.05, 4.69) is 40.5 Å². The molecule has 0 aliphatic heterocycles. The van der Waals surface area contributed by atoms with E-state index in [1.54, 1.807) is 13.0 Å². The van der Waals surface area contributed by atoms with Crippen molar-refractivity contribution in [2.24, 2.45) is 0 Å². The predicted octanol–water partition coefficient (Wildman–Crippen LogP) is 3.29. The molecule has 5 heteroatoms. The van der Waals surface area contributed by atoms with Crippen LogP contribution < -0.4 is 10.6 Å². The molecule has 0 saturated heterocycles. The summed E-state index contributed by atoms with van der Waals surface area (Å²) in [4.78, 5) is 20.6. The van der Waals surface area contributed by atoms with Crippen LogP contribution in [-0.2, 0) is 0 Å². The topological polar surface area (TPSA) is 66.9 Å². The summed E-state index contributed by atoms with van der Waals surface area (Å²) in [5.74, 6) is 1.02. The molecule has 2 aromatic rings. The summed E-state index contributed by atoms with van der Waals surface area (Å²) in [7, 11) is 0. The number of rotatable bonds is 5. The highest BCUT2D eigenvalue weighted by atomic mass is 16.1. The molecule has 0 aliphatic rings. The van der Waals surface area contributed by atoms with Gasteiger partial charge < -0.3 is 10.6 Å². The Hall–Kier alpha value is -2.43. The number of aryl methyl sites for hydroxylation is 2. The first-order valence-corrected chi connectivity index (χ1v) is 7.48. The van der Waals surface area contributed by atoms with Gasteiger partial charge in [0, 0.05) is 18.3 Å². The number of nitrogens with one attached hydrogen (secondary N) is 2. The largest absolute Gasteiger partial charge is 0.351 e. The van der Waals surface area contributed by atoms with E-state index in [-0.39, 0.29) is 5.91 Å². The molecule has 5 nitrogen and oxygen atoms in total. The zero-order valence-electron chi connectivity index (χ0n) is 13.5. The van der Waals surface area contributed by atoms with Gasteiger partial charge in [0.1, 0.15) is 17.3 Å². The molecule has 22 heavy (non-hydrogen) atoms. The minimum Gasteiger partial charge on any atom is -0.351 e. The van der Waals surface area contributed by atoms with Crippen molar-refractivity contribution in [1.82, 2.24) is 15.3 Å². The van der Waals surface area contributed by atoms with E-state index in [9.17, 15) is 4.79 Å². The fourth-order valence-corrected chi connectivity index (χ4v) is 2.10. The Bertz CT molecular complexity index is 682. The van der Waals surface area contributed by atoms with Crippen molar-refractivity contribution in [3.05, 3.63) is 46.9 Å². The van der Waals surface area contributed by atoms with Crippen LogP contribution in [0.15, 0.2) is 24.3 Å². The molecule has 0 radical (unpaired) electrons. The second-order valence-corrected chi connectivity index (χ2v) is 5.31. The molecule has 1 aromatic carbocycles. The molecule has 1 heterocycles. The first-order valence-electron chi connectivity index (χ1n) is 7.48. The summed E-state index contributed by atoms with van der Waals surface area (Å²) in [5, 5.41) is 6.10. The molecule has 2 rings (SSSR count). The lowest BCUT2D eigenvalue weighted by Gasteiger charge is -2.12. The smallest absolute Gasteiger partial charge is 0.270 e. The first kappa shape index (κ1) is 15.9. The number of aromatic nitrogens is 2. The lowest BCUT2D eigenvalue weighted by Crippen LogP contribution is -2.25. The lowest BCUT2D eigenvalue weighted by atomic mass is 10.1. The van der Waals surface area contributed by atoms with Gasteiger partial charge in [-0.1, -0.05) is 19.1 Å². The maximum atomic E-state index is 12.1. The number of carbonyl (C=O) groups is 1. The van der Waals surface area contributed by atoms with Crippen LogP contribution in [0.1, 0.15) is 40.8 Å². The van der Waals surface area contributed by atoms with E-state index in [0.717, 1.165) is 17.7 Å². The summed E-state index contributed by atoms with van der Waals surface area (Å²) in [6.07, 6.45) is 0.892. The van der Waals surface area contributed by atoms with Crippen LogP contribution in [0.2, 0.25) is 0 Å². The number of carbonyl (C=O) groups excluding carboxylic acids is 1. The van der Waals surface area contributed by atoms with Crippen molar-refractivity contribution in [1.29, 1.82) is 0 Å². The first-order chi connectivity index (χ1) is 10.5. The third-order valence-electron chi connectivity index (χ3n) is 3.47. The molecular weight excluding hydrogens is 276 g/mol. The summed E-state index contributed by atoms with van der Waals surface area (Å²) < 4.78 is 0. The SMILES string of the molecule is CCCNC(=O)c1cc(Nc2cccc(C)c2C)nc(C)n1. The highest BCUT2D eigenvalue weighted by Crippen LogP contribution is 2.22. The van der Waals surface area contributed by atoms with Crippen molar-refractivity contribution in [3.63, 3.8) is 0 Å². The normalized spacial score (nSPS) is 10.4. The number of hydrogen-bond acceptors (Lipinski definition) is 4. The Morgan fingerprint density at radius 2 is 1.95 bits per heavy atom. The summed E-state index contributed by atoms with van der Waals surface area (Å²) in [6, 6.07) is 7.74. The summed E-state index contributed by atoms with van der Waals surface area (Å²) in [6.45, 7) is 8.56. The van der Waals surface area contributed by atoms with Crippen LogP contribution in [-0.4, -0.2) is 22.4 Å². The molecule has 0 fully saturated rings. The van der Waals surface area contributed by atoms with Crippen molar-refractivity contribution < 1.29 is 4.79 Å². The van der Waals surface area contributed by atoms with Crippen LogP contribution in [0.5, 0.6) is 0 Å². The fourth-order valence-electron chi connectivity index (χ4n) is 2.10. The zero-order chi connectivity index (χ0) is 16.1.